The molecule has 0 N–H and O–H groups in total. The first-order valence-corrected chi connectivity index (χ1v) is 28.2. The molecule has 0 saturated carbocycles. The molecule has 0 aromatic heterocycles. The van der Waals surface area contributed by atoms with E-state index < -0.39 is 26.5 Å². The van der Waals surface area contributed by atoms with Gasteiger partial charge in [0.05, 0.1) is 57.3 Å². The monoisotopic (exact) mass is 1140 g/mol. The van der Waals surface area contributed by atoms with E-state index in [1.54, 1.807) is 91.9 Å². The molecular formula is C68H101FO11S. The lowest BCUT2D eigenvalue weighted by atomic mass is 9.86. The number of carbonyl (C=O) groups excluding carboxylic acids is 4. The first-order valence-electron chi connectivity index (χ1n) is 26.6. The van der Waals surface area contributed by atoms with Gasteiger partial charge in [-0.1, -0.05) is 163 Å². The van der Waals surface area contributed by atoms with Crippen LogP contribution in [-0.2, 0) is 22.7 Å². The number of aryl methyl sites for hydroxylation is 2. The number of carbonyl (C=O) groups is 4. The highest BCUT2D eigenvalue weighted by Crippen LogP contribution is 2.35. The normalized spacial score (nSPS) is 11.3. The van der Waals surface area contributed by atoms with Crippen molar-refractivity contribution in [3.63, 3.8) is 0 Å². The molecule has 0 amide bonds. The standard InChI is InChI=1S/C15H22O3.C13H19FO2S.C13H18O3.C13H18O.C12H16O2.2CH4/c1-7-11-12(17-5)8-10(9-13(11)18-6)14(16)15(2,3)4;1-9-6-11(14)7-12(10(9)2)17(15,16)8-13(3,4)5;1-13(2,3)12(14)10-7-6-9(15-4)8-11(10)16-5;1-5-10-7-6-8-11(9-10)12(14)13(2,3)4;1-12(2,3)11(13)9-7-5-6-8-10(9)14-4;;/h8-9H,7H2,1-6H3;6-7H,8H2,1-5H3;6-8H,1-5H3;6-9H,5H2,1-4H3;5-8H,1-4H3;2*1H4. The van der Waals surface area contributed by atoms with E-state index in [2.05, 4.69) is 13.0 Å². The van der Waals surface area contributed by atoms with Gasteiger partial charge in [-0.15, -0.1) is 0 Å². The molecule has 0 spiro atoms. The quantitative estimate of drug-likeness (QED) is 0.104. The summed E-state index contributed by atoms with van der Waals surface area (Å²) in [5.41, 5.74) is 4.40. The molecule has 13 heteroatoms. The summed E-state index contributed by atoms with van der Waals surface area (Å²) in [6, 6.07) is 26.5. The molecule has 0 unspecified atom stereocenters. The molecule has 452 valence electrons. The zero-order valence-electron chi connectivity index (χ0n) is 52.1. The third-order valence-corrected chi connectivity index (χ3v) is 14.4. The first kappa shape index (κ1) is 76.7. The van der Waals surface area contributed by atoms with Gasteiger partial charge in [-0.3, -0.25) is 19.2 Å². The Kier molecular flexibility index (Phi) is 30.6. The van der Waals surface area contributed by atoms with Crippen molar-refractivity contribution in [2.24, 2.45) is 27.1 Å². The molecule has 5 rings (SSSR count). The first-order chi connectivity index (χ1) is 36.2. The maximum absolute atomic E-state index is 13.3. The van der Waals surface area contributed by atoms with E-state index in [1.165, 1.54) is 11.6 Å². The van der Waals surface area contributed by atoms with Crippen LogP contribution >= 0.6 is 0 Å². The number of para-hydroxylation sites is 1. The van der Waals surface area contributed by atoms with E-state index in [0.29, 0.717) is 56.6 Å². The molecule has 0 radical (unpaired) electrons. The second-order valence-electron chi connectivity index (χ2n) is 24.5. The third-order valence-electron chi connectivity index (χ3n) is 12.1. The number of halogens is 1. The fourth-order valence-electron chi connectivity index (χ4n) is 7.64. The van der Waals surface area contributed by atoms with E-state index in [4.69, 9.17) is 23.7 Å². The molecular weight excluding hydrogens is 1040 g/mol. The SMILES string of the molecule is C.C.CCc1c(OC)cc(C(=O)C(C)(C)C)cc1OC.CCc1cccc(C(=O)C(C)(C)C)c1.COc1ccc(C(=O)C(C)(C)C)c(OC)c1.COc1ccccc1C(=O)C(C)(C)C.Cc1cc(F)cc(S(=O)(=O)CC(C)(C)C)c1C. The molecule has 0 heterocycles. The van der Waals surface area contributed by atoms with Gasteiger partial charge < -0.3 is 23.7 Å². The highest BCUT2D eigenvalue weighted by atomic mass is 32.2. The van der Waals surface area contributed by atoms with Crippen molar-refractivity contribution in [2.45, 2.75) is 164 Å². The predicted octanol–water partition coefficient (Wildman–Crippen LogP) is 17.4. The van der Waals surface area contributed by atoms with Crippen molar-refractivity contribution < 1.29 is 55.7 Å². The topological polar surface area (TPSA) is 149 Å². The fourth-order valence-corrected chi connectivity index (χ4v) is 9.86. The van der Waals surface area contributed by atoms with Crippen LogP contribution in [0.3, 0.4) is 0 Å². The number of hydrogen-bond acceptors (Lipinski definition) is 11. The maximum Gasteiger partial charge on any atom is 0.179 e. The van der Waals surface area contributed by atoms with Crippen LogP contribution in [0.15, 0.2) is 95.9 Å². The van der Waals surface area contributed by atoms with Crippen LogP contribution in [0.4, 0.5) is 4.39 Å². The number of methoxy groups -OCH3 is 5. The molecule has 0 saturated heterocycles. The van der Waals surface area contributed by atoms with Crippen molar-refractivity contribution in [2.75, 3.05) is 41.3 Å². The number of benzene rings is 5. The Hall–Kier alpha value is -6.34. The van der Waals surface area contributed by atoms with E-state index >= 15 is 0 Å². The van der Waals surface area contributed by atoms with Crippen molar-refractivity contribution >= 4 is 33.0 Å². The zero-order valence-corrected chi connectivity index (χ0v) is 52.9. The van der Waals surface area contributed by atoms with Crippen LogP contribution in [0.2, 0.25) is 0 Å². The number of ketones is 4. The number of hydrogen-bond donors (Lipinski definition) is 0. The Bertz CT molecular complexity index is 2930. The molecule has 11 nitrogen and oxygen atoms in total. The average Bonchev–Trinajstić information content (AvgIpc) is 3.36. The maximum atomic E-state index is 13.3. The highest BCUT2D eigenvalue weighted by Gasteiger charge is 2.29. The summed E-state index contributed by atoms with van der Waals surface area (Å²) < 4.78 is 63.8. The van der Waals surface area contributed by atoms with Gasteiger partial charge in [-0.2, -0.15) is 0 Å². The molecule has 0 atom stereocenters. The summed E-state index contributed by atoms with van der Waals surface area (Å²) in [5, 5.41) is 0. The molecule has 0 aliphatic heterocycles. The Morgan fingerprint density at radius 1 is 0.469 bits per heavy atom. The minimum absolute atomic E-state index is 0. The van der Waals surface area contributed by atoms with Crippen LogP contribution in [0.1, 0.15) is 196 Å². The zero-order chi connectivity index (χ0) is 61.2. The smallest absolute Gasteiger partial charge is 0.179 e. The number of ether oxygens (including phenoxy) is 5. The average molecular weight is 1150 g/mol. The summed E-state index contributed by atoms with van der Waals surface area (Å²) in [5.74, 6) is 3.30. The summed E-state index contributed by atoms with van der Waals surface area (Å²) in [6.45, 7) is 36.1. The third kappa shape index (κ3) is 24.0. The van der Waals surface area contributed by atoms with Crippen molar-refractivity contribution in [3.8, 4) is 28.7 Å². The molecule has 0 aliphatic carbocycles. The van der Waals surface area contributed by atoms with E-state index in [1.807, 2.05) is 141 Å². The van der Waals surface area contributed by atoms with Gasteiger partial charge in [0, 0.05) is 44.4 Å². The molecule has 0 bridgehead atoms. The minimum atomic E-state index is -3.43. The van der Waals surface area contributed by atoms with E-state index in [9.17, 15) is 32.0 Å². The minimum Gasteiger partial charge on any atom is -0.497 e. The van der Waals surface area contributed by atoms with Crippen LogP contribution in [-0.4, -0.2) is 72.9 Å². The van der Waals surface area contributed by atoms with Crippen molar-refractivity contribution in [3.05, 3.63) is 141 Å². The summed E-state index contributed by atoms with van der Waals surface area (Å²) in [6.07, 6.45) is 1.78. The van der Waals surface area contributed by atoms with Crippen LogP contribution in [0.25, 0.3) is 0 Å². The molecule has 0 fully saturated rings. The lowest BCUT2D eigenvalue weighted by Crippen LogP contribution is -2.21. The van der Waals surface area contributed by atoms with Crippen molar-refractivity contribution in [1.82, 2.24) is 0 Å². The Morgan fingerprint density at radius 2 is 0.914 bits per heavy atom. The second-order valence-corrected chi connectivity index (χ2v) is 26.5. The van der Waals surface area contributed by atoms with Crippen LogP contribution in [0, 0.1) is 46.7 Å². The summed E-state index contributed by atoms with van der Waals surface area (Å²) >= 11 is 0. The Labute approximate surface area is 489 Å². The van der Waals surface area contributed by atoms with Gasteiger partial charge in [0.2, 0.25) is 0 Å². The number of sulfone groups is 1. The Balaban J connectivity index is 0. The van der Waals surface area contributed by atoms with E-state index in [-0.39, 0.29) is 64.9 Å². The summed E-state index contributed by atoms with van der Waals surface area (Å²) in [7, 11) is 4.50. The van der Waals surface area contributed by atoms with Gasteiger partial charge in [-0.05, 0) is 103 Å². The van der Waals surface area contributed by atoms with E-state index in [0.717, 1.165) is 30.0 Å². The van der Waals surface area contributed by atoms with Crippen molar-refractivity contribution in [1.29, 1.82) is 0 Å². The Morgan fingerprint density at radius 3 is 1.32 bits per heavy atom. The molecule has 5 aromatic rings. The van der Waals surface area contributed by atoms with Gasteiger partial charge in [0.1, 0.15) is 34.6 Å². The number of rotatable bonds is 13. The predicted molar refractivity (Wildman–Crippen MR) is 333 cm³/mol. The second kappa shape index (κ2) is 32.3. The fraction of sp³-hybridized carbons (Fsp3) is 0.500. The molecule has 5 aromatic carbocycles. The van der Waals surface area contributed by atoms with Gasteiger partial charge in [0.25, 0.3) is 0 Å². The summed E-state index contributed by atoms with van der Waals surface area (Å²) in [4.78, 5) is 48.4. The van der Waals surface area contributed by atoms with Gasteiger partial charge in [-0.25, -0.2) is 12.8 Å². The van der Waals surface area contributed by atoms with Gasteiger partial charge in [0.15, 0.2) is 33.0 Å². The van der Waals surface area contributed by atoms with Gasteiger partial charge >= 0.3 is 0 Å². The molecule has 0 aliphatic rings. The number of Topliss-reactive ketones (excluding diaryl/α,β-unsaturated/α-hetero) is 4. The van der Waals surface area contributed by atoms with Crippen LogP contribution < -0.4 is 23.7 Å². The lowest BCUT2D eigenvalue weighted by Gasteiger charge is -2.19. The van der Waals surface area contributed by atoms with Crippen LogP contribution in [0.5, 0.6) is 28.7 Å². The largest absolute Gasteiger partial charge is 0.497 e. The highest BCUT2D eigenvalue weighted by molar-refractivity contribution is 7.91. The molecule has 81 heavy (non-hydrogen) atoms. The lowest BCUT2D eigenvalue weighted by molar-refractivity contribution is 0.0849.